The number of halogens is 2. The molecular formula is C13H19ClFNO. The number of piperidine rings is 1. The zero-order valence-electron chi connectivity index (χ0n) is 9.99. The van der Waals surface area contributed by atoms with E-state index in [-0.39, 0.29) is 18.2 Å². The Labute approximate surface area is 108 Å². The van der Waals surface area contributed by atoms with E-state index in [1.165, 1.54) is 6.07 Å². The Bertz CT molecular complexity index is 348. The van der Waals surface area contributed by atoms with Crippen molar-refractivity contribution in [3.8, 4) is 0 Å². The minimum atomic E-state index is -0.157. The summed E-state index contributed by atoms with van der Waals surface area (Å²) in [4.78, 5) is 0. The first-order valence-electron chi connectivity index (χ1n) is 5.77. The molecule has 4 heteroatoms. The minimum Gasteiger partial charge on any atom is -0.381 e. The summed E-state index contributed by atoms with van der Waals surface area (Å²) in [6.45, 7) is 1.97. The molecule has 1 aromatic rings. The van der Waals surface area contributed by atoms with Crippen molar-refractivity contribution in [2.45, 2.75) is 18.9 Å². The summed E-state index contributed by atoms with van der Waals surface area (Å²) in [7, 11) is 1.76. The minimum absolute atomic E-state index is 0. The second kappa shape index (κ2) is 6.94. The largest absolute Gasteiger partial charge is 0.381 e. The molecule has 1 saturated heterocycles. The van der Waals surface area contributed by atoms with Gasteiger partial charge in [0, 0.05) is 19.6 Å². The molecule has 0 unspecified atom stereocenters. The van der Waals surface area contributed by atoms with Gasteiger partial charge in [-0.3, -0.25) is 0 Å². The molecule has 0 aliphatic carbocycles. The normalized spacial score (nSPS) is 24.1. The third-order valence-corrected chi connectivity index (χ3v) is 3.23. The van der Waals surface area contributed by atoms with Gasteiger partial charge in [0.2, 0.25) is 0 Å². The Balaban J connectivity index is 0.00000144. The van der Waals surface area contributed by atoms with Gasteiger partial charge in [-0.2, -0.15) is 0 Å². The predicted octanol–water partition coefficient (Wildman–Crippen LogP) is 2.41. The molecule has 2 atom stereocenters. The molecule has 1 N–H and O–H groups in total. The van der Waals surface area contributed by atoms with Crippen LogP contribution in [0.5, 0.6) is 0 Å². The molecule has 2 rings (SSSR count). The highest BCUT2D eigenvalue weighted by atomic mass is 35.5. The second-order valence-corrected chi connectivity index (χ2v) is 4.36. The summed E-state index contributed by atoms with van der Waals surface area (Å²) in [5, 5.41) is 3.36. The summed E-state index contributed by atoms with van der Waals surface area (Å²) in [6.07, 6.45) is 2.21. The standard InChI is InChI=1S/C13H18FNO.ClH/c1-16-13-5-6-15-9-11(13)7-10-3-2-4-12(14)8-10;/h2-4,8,11,13,15H,5-7,9H2,1H3;1H/t11-,13+;/m1./s1. The van der Waals surface area contributed by atoms with Gasteiger partial charge in [0.25, 0.3) is 0 Å². The summed E-state index contributed by atoms with van der Waals surface area (Å²) in [5.74, 6) is 0.288. The highest BCUT2D eigenvalue weighted by molar-refractivity contribution is 5.85. The second-order valence-electron chi connectivity index (χ2n) is 4.36. The van der Waals surface area contributed by atoms with E-state index in [0.717, 1.165) is 31.5 Å². The van der Waals surface area contributed by atoms with E-state index in [1.807, 2.05) is 6.07 Å². The lowest BCUT2D eigenvalue weighted by atomic mass is 9.89. The number of nitrogens with one attached hydrogen (secondary N) is 1. The first-order chi connectivity index (χ1) is 7.79. The molecule has 96 valence electrons. The average Bonchev–Trinajstić information content (AvgIpc) is 2.30. The molecule has 1 aliphatic heterocycles. The molecule has 1 heterocycles. The third-order valence-electron chi connectivity index (χ3n) is 3.23. The van der Waals surface area contributed by atoms with Crippen LogP contribution in [0.1, 0.15) is 12.0 Å². The quantitative estimate of drug-likeness (QED) is 0.900. The molecule has 0 amide bonds. The highest BCUT2D eigenvalue weighted by Gasteiger charge is 2.24. The Morgan fingerprint density at radius 1 is 1.47 bits per heavy atom. The van der Waals surface area contributed by atoms with Crippen molar-refractivity contribution in [3.05, 3.63) is 35.6 Å². The van der Waals surface area contributed by atoms with Crippen molar-refractivity contribution in [3.63, 3.8) is 0 Å². The monoisotopic (exact) mass is 259 g/mol. The van der Waals surface area contributed by atoms with Crippen molar-refractivity contribution in [2.75, 3.05) is 20.2 Å². The topological polar surface area (TPSA) is 21.3 Å². The molecule has 0 bridgehead atoms. The fraction of sp³-hybridized carbons (Fsp3) is 0.538. The van der Waals surface area contributed by atoms with Gasteiger partial charge >= 0.3 is 0 Å². The van der Waals surface area contributed by atoms with Crippen LogP contribution in [0, 0.1) is 11.7 Å². The van der Waals surface area contributed by atoms with Gasteiger partial charge in [-0.05, 0) is 37.1 Å². The summed E-state index contributed by atoms with van der Waals surface area (Å²) in [6, 6.07) is 6.84. The number of methoxy groups -OCH3 is 1. The predicted molar refractivity (Wildman–Crippen MR) is 69.1 cm³/mol. The SMILES string of the molecule is CO[C@H]1CCNC[C@H]1Cc1cccc(F)c1.Cl. The van der Waals surface area contributed by atoms with Crippen molar-refractivity contribution in [1.29, 1.82) is 0 Å². The highest BCUT2D eigenvalue weighted by Crippen LogP contribution is 2.19. The average molecular weight is 260 g/mol. The van der Waals surface area contributed by atoms with Crippen LogP contribution in [-0.2, 0) is 11.2 Å². The first-order valence-corrected chi connectivity index (χ1v) is 5.77. The Kier molecular flexibility index (Phi) is 5.89. The molecule has 0 radical (unpaired) electrons. The van der Waals surface area contributed by atoms with Crippen LogP contribution in [0.3, 0.4) is 0 Å². The summed E-state index contributed by atoms with van der Waals surface area (Å²) >= 11 is 0. The van der Waals surface area contributed by atoms with Crippen LogP contribution >= 0.6 is 12.4 Å². The Morgan fingerprint density at radius 3 is 3.00 bits per heavy atom. The van der Waals surface area contributed by atoms with Crippen LogP contribution in [0.25, 0.3) is 0 Å². The molecule has 17 heavy (non-hydrogen) atoms. The lowest BCUT2D eigenvalue weighted by molar-refractivity contribution is 0.0311. The van der Waals surface area contributed by atoms with E-state index in [4.69, 9.17) is 4.74 Å². The van der Waals surface area contributed by atoms with Gasteiger partial charge < -0.3 is 10.1 Å². The molecule has 0 spiro atoms. The van der Waals surface area contributed by atoms with Crippen LogP contribution in [0.4, 0.5) is 4.39 Å². The molecule has 1 aliphatic rings. The maximum absolute atomic E-state index is 13.1. The van der Waals surface area contributed by atoms with Crippen LogP contribution in [0.2, 0.25) is 0 Å². The zero-order valence-corrected chi connectivity index (χ0v) is 10.8. The number of benzene rings is 1. The number of hydrogen-bond donors (Lipinski definition) is 1. The molecule has 1 aromatic carbocycles. The maximum Gasteiger partial charge on any atom is 0.123 e. The van der Waals surface area contributed by atoms with Gasteiger partial charge in [0.1, 0.15) is 5.82 Å². The van der Waals surface area contributed by atoms with Crippen LogP contribution in [-0.4, -0.2) is 26.3 Å². The lowest BCUT2D eigenvalue weighted by Gasteiger charge is -2.31. The molecule has 0 aromatic heterocycles. The summed E-state index contributed by atoms with van der Waals surface area (Å²) < 4.78 is 18.5. The van der Waals surface area contributed by atoms with Crippen LogP contribution < -0.4 is 5.32 Å². The number of ether oxygens (including phenoxy) is 1. The zero-order chi connectivity index (χ0) is 11.4. The summed E-state index contributed by atoms with van der Waals surface area (Å²) in [5.41, 5.74) is 1.05. The fourth-order valence-corrected chi connectivity index (χ4v) is 2.38. The molecular weight excluding hydrogens is 241 g/mol. The molecule has 2 nitrogen and oxygen atoms in total. The first kappa shape index (κ1) is 14.4. The lowest BCUT2D eigenvalue weighted by Crippen LogP contribution is -2.41. The van der Waals surface area contributed by atoms with Gasteiger partial charge in [0.05, 0.1) is 6.10 Å². The van der Waals surface area contributed by atoms with E-state index >= 15 is 0 Å². The van der Waals surface area contributed by atoms with E-state index in [2.05, 4.69) is 5.32 Å². The fourth-order valence-electron chi connectivity index (χ4n) is 2.38. The van der Waals surface area contributed by atoms with E-state index in [1.54, 1.807) is 19.2 Å². The Morgan fingerprint density at radius 2 is 2.29 bits per heavy atom. The number of hydrogen-bond acceptors (Lipinski definition) is 2. The van der Waals surface area contributed by atoms with Gasteiger partial charge in [-0.25, -0.2) is 4.39 Å². The smallest absolute Gasteiger partial charge is 0.123 e. The van der Waals surface area contributed by atoms with E-state index in [0.29, 0.717) is 12.0 Å². The van der Waals surface area contributed by atoms with E-state index in [9.17, 15) is 4.39 Å². The van der Waals surface area contributed by atoms with Gasteiger partial charge in [0.15, 0.2) is 0 Å². The van der Waals surface area contributed by atoms with Crippen molar-refractivity contribution >= 4 is 12.4 Å². The Hall–Kier alpha value is -0.640. The molecule has 1 fully saturated rings. The van der Waals surface area contributed by atoms with Crippen molar-refractivity contribution in [1.82, 2.24) is 5.32 Å². The maximum atomic E-state index is 13.1. The van der Waals surface area contributed by atoms with Crippen molar-refractivity contribution < 1.29 is 9.13 Å². The third kappa shape index (κ3) is 3.95. The van der Waals surface area contributed by atoms with Gasteiger partial charge in [-0.1, -0.05) is 12.1 Å². The van der Waals surface area contributed by atoms with Gasteiger partial charge in [-0.15, -0.1) is 12.4 Å². The van der Waals surface area contributed by atoms with E-state index < -0.39 is 0 Å². The number of rotatable bonds is 3. The van der Waals surface area contributed by atoms with Crippen LogP contribution in [0.15, 0.2) is 24.3 Å². The van der Waals surface area contributed by atoms with Crippen molar-refractivity contribution in [2.24, 2.45) is 5.92 Å². The molecule has 0 saturated carbocycles.